The Bertz CT molecular complexity index is 786. The average Bonchev–Trinajstić information content (AvgIpc) is 3.06. The van der Waals surface area contributed by atoms with E-state index in [9.17, 15) is 24.5 Å². The van der Waals surface area contributed by atoms with Gasteiger partial charge in [0, 0.05) is 6.54 Å². The molecule has 0 fully saturated rings. The highest BCUT2D eigenvalue weighted by atomic mass is 31.2. The van der Waals surface area contributed by atoms with Crippen LogP contribution in [-0.4, -0.2) is 59.0 Å². The van der Waals surface area contributed by atoms with Gasteiger partial charge in [0.2, 0.25) is 5.91 Å². The number of phosphoric acid groups is 1. The number of carbonyl (C=O) groups is 1. The number of aliphatic hydroxyl groups is 2. The highest BCUT2D eigenvalue weighted by Gasteiger charge is 2.27. The molecule has 0 saturated carbocycles. The number of nitrogens with one attached hydrogen (secondary N) is 1. The van der Waals surface area contributed by atoms with E-state index in [0.717, 1.165) is 38.5 Å². The second-order valence-corrected chi connectivity index (χ2v) is 15.1. The van der Waals surface area contributed by atoms with Crippen molar-refractivity contribution in [2.75, 3.05) is 19.8 Å². The second kappa shape index (κ2) is 34.6. The van der Waals surface area contributed by atoms with E-state index in [0.29, 0.717) is 6.42 Å². The molecule has 0 aromatic rings. The predicted octanol–water partition coefficient (Wildman–Crippen LogP) is 9.41. The molecule has 0 heterocycles. The van der Waals surface area contributed by atoms with Crippen LogP contribution >= 0.6 is 7.82 Å². The van der Waals surface area contributed by atoms with Gasteiger partial charge in [0.05, 0.1) is 37.9 Å². The van der Waals surface area contributed by atoms with Gasteiger partial charge >= 0.3 is 7.82 Å². The van der Waals surface area contributed by atoms with Gasteiger partial charge in [-0.3, -0.25) is 13.8 Å². The molecule has 0 rings (SSSR count). The summed E-state index contributed by atoms with van der Waals surface area (Å²) in [6, 6.07) is -0.975. The number of hydrogen-bond acceptors (Lipinski definition) is 7. The predicted molar refractivity (Wildman–Crippen MR) is 200 cm³/mol. The summed E-state index contributed by atoms with van der Waals surface area (Å²) in [7, 11) is -4.39. The van der Waals surface area contributed by atoms with Crippen molar-refractivity contribution in [2.45, 2.75) is 205 Å². The molecular formula is C38H77N2O7P. The minimum atomic E-state index is -4.39. The number of unbranched alkanes of at least 4 members (excludes halogenated alkanes) is 23. The Labute approximate surface area is 295 Å². The van der Waals surface area contributed by atoms with Crippen molar-refractivity contribution in [1.29, 1.82) is 0 Å². The van der Waals surface area contributed by atoms with Crippen LogP contribution in [0.25, 0.3) is 0 Å². The monoisotopic (exact) mass is 705 g/mol. The third-order valence-corrected chi connectivity index (χ3v) is 9.90. The van der Waals surface area contributed by atoms with Gasteiger partial charge in [0.15, 0.2) is 0 Å². The van der Waals surface area contributed by atoms with E-state index in [-0.39, 0.29) is 19.6 Å². The van der Waals surface area contributed by atoms with Gasteiger partial charge in [-0.05, 0) is 19.3 Å². The molecule has 6 N–H and O–H groups in total. The van der Waals surface area contributed by atoms with Crippen molar-refractivity contribution in [3.63, 3.8) is 0 Å². The van der Waals surface area contributed by atoms with Crippen LogP contribution in [-0.2, 0) is 18.4 Å². The average molecular weight is 705 g/mol. The lowest BCUT2D eigenvalue weighted by molar-refractivity contribution is -0.124. The number of aliphatic hydroxyl groups excluding tert-OH is 2. The largest absolute Gasteiger partial charge is 0.472 e. The van der Waals surface area contributed by atoms with Crippen LogP contribution in [0.15, 0.2) is 12.2 Å². The summed E-state index contributed by atoms with van der Waals surface area (Å²) in [5.74, 6) is -0.446. The van der Waals surface area contributed by atoms with Crippen LogP contribution in [0.1, 0.15) is 187 Å². The second-order valence-electron chi connectivity index (χ2n) is 13.7. The first-order valence-electron chi connectivity index (χ1n) is 19.9. The molecule has 0 aromatic carbocycles. The molecule has 0 bridgehead atoms. The number of phosphoric ester groups is 1. The number of carbonyl (C=O) groups excluding carboxylic acids is 1. The minimum Gasteiger partial charge on any atom is -0.393 e. The maximum Gasteiger partial charge on any atom is 0.472 e. The molecule has 9 nitrogen and oxygen atoms in total. The van der Waals surface area contributed by atoms with Gasteiger partial charge < -0.3 is 26.2 Å². The van der Waals surface area contributed by atoms with Crippen LogP contribution in [0, 0.1) is 0 Å². The van der Waals surface area contributed by atoms with E-state index in [2.05, 4.69) is 19.2 Å². The van der Waals surface area contributed by atoms with Crippen LogP contribution in [0.3, 0.4) is 0 Å². The Balaban J connectivity index is 4.40. The summed E-state index contributed by atoms with van der Waals surface area (Å²) in [5.41, 5.74) is 5.35. The zero-order chi connectivity index (χ0) is 35.6. The fourth-order valence-corrected chi connectivity index (χ4v) is 6.64. The number of rotatable bonds is 37. The number of nitrogens with two attached hydrogens (primary N) is 1. The SMILES string of the molecule is CCCCCCCCCCCCCCC/C=C/C(O)C(COP(=O)(O)OCCN)NC(=O)CC(O)CCCCCCCCCCCCC. The van der Waals surface area contributed by atoms with Crippen molar-refractivity contribution in [3.05, 3.63) is 12.2 Å². The van der Waals surface area contributed by atoms with Crippen LogP contribution in [0.5, 0.6) is 0 Å². The minimum absolute atomic E-state index is 0.0512. The fraction of sp³-hybridized carbons (Fsp3) is 0.921. The third-order valence-electron chi connectivity index (χ3n) is 8.92. The maximum absolute atomic E-state index is 12.7. The molecule has 0 spiro atoms. The molecule has 4 atom stereocenters. The Kier molecular flexibility index (Phi) is 34.1. The van der Waals surface area contributed by atoms with Crippen molar-refractivity contribution < 1.29 is 33.5 Å². The molecule has 0 aromatic heterocycles. The highest BCUT2D eigenvalue weighted by Crippen LogP contribution is 2.43. The first kappa shape index (κ1) is 47.2. The van der Waals surface area contributed by atoms with E-state index in [1.54, 1.807) is 6.08 Å². The first-order chi connectivity index (χ1) is 23.3. The number of allylic oxidation sites excluding steroid dienone is 1. The normalized spacial score (nSPS) is 15.0. The van der Waals surface area contributed by atoms with Gasteiger partial charge in [0.1, 0.15) is 0 Å². The zero-order valence-electron chi connectivity index (χ0n) is 31.1. The molecule has 0 aliphatic rings. The summed E-state index contributed by atoms with van der Waals surface area (Å²) in [6.07, 6.45) is 32.9. The maximum atomic E-state index is 12.7. The van der Waals surface area contributed by atoms with E-state index in [1.807, 2.05) is 6.08 Å². The molecule has 4 unspecified atom stereocenters. The molecule has 0 saturated heterocycles. The zero-order valence-corrected chi connectivity index (χ0v) is 32.0. The first-order valence-corrected chi connectivity index (χ1v) is 21.4. The van der Waals surface area contributed by atoms with Crippen LogP contribution in [0.4, 0.5) is 0 Å². The molecule has 0 radical (unpaired) electrons. The van der Waals surface area contributed by atoms with E-state index in [4.69, 9.17) is 14.8 Å². The lowest BCUT2D eigenvalue weighted by atomic mass is 10.0. The van der Waals surface area contributed by atoms with Crippen molar-refractivity contribution in [3.8, 4) is 0 Å². The number of hydrogen-bond donors (Lipinski definition) is 5. The lowest BCUT2D eigenvalue weighted by Gasteiger charge is -2.24. The quantitative estimate of drug-likeness (QED) is 0.0244. The summed E-state index contributed by atoms with van der Waals surface area (Å²) in [5, 5.41) is 23.9. The molecule has 286 valence electrons. The van der Waals surface area contributed by atoms with E-state index >= 15 is 0 Å². The fourth-order valence-electron chi connectivity index (χ4n) is 5.88. The molecule has 10 heteroatoms. The van der Waals surface area contributed by atoms with Crippen molar-refractivity contribution in [1.82, 2.24) is 5.32 Å². The van der Waals surface area contributed by atoms with Gasteiger partial charge in [-0.15, -0.1) is 0 Å². The number of amides is 1. The van der Waals surface area contributed by atoms with Crippen LogP contribution in [0.2, 0.25) is 0 Å². The standard InChI is InChI=1S/C38H77N2O7P/c1-3-5-7-9-11-13-15-16-17-18-20-22-24-26-28-30-37(42)36(34-47-48(44,45)46-32-31-39)40-38(43)33-35(41)29-27-25-23-21-19-14-12-10-8-6-4-2/h28,30,35-37,41-42H,3-27,29,31-34,39H2,1-2H3,(H,40,43)(H,44,45)/b30-28+. The van der Waals surface area contributed by atoms with Crippen molar-refractivity contribution in [2.24, 2.45) is 5.73 Å². The summed E-state index contributed by atoms with van der Waals surface area (Å²) in [6.45, 7) is 3.96. The highest BCUT2D eigenvalue weighted by molar-refractivity contribution is 7.47. The summed E-state index contributed by atoms with van der Waals surface area (Å²) >= 11 is 0. The molecule has 1 amide bonds. The van der Waals surface area contributed by atoms with Crippen LogP contribution < -0.4 is 11.1 Å². The molecular weight excluding hydrogens is 627 g/mol. The van der Waals surface area contributed by atoms with Gasteiger partial charge in [-0.1, -0.05) is 174 Å². The van der Waals surface area contributed by atoms with Gasteiger partial charge in [0.25, 0.3) is 0 Å². The summed E-state index contributed by atoms with van der Waals surface area (Å²) in [4.78, 5) is 22.6. The summed E-state index contributed by atoms with van der Waals surface area (Å²) < 4.78 is 22.0. The molecule has 0 aliphatic heterocycles. The van der Waals surface area contributed by atoms with Gasteiger partial charge in [-0.25, -0.2) is 4.57 Å². The third kappa shape index (κ3) is 32.4. The lowest BCUT2D eigenvalue weighted by Crippen LogP contribution is -2.46. The smallest absolute Gasteiger partial charge is 0.393 e. The Morgan fingerprint density at radius 2 is 1.15 bits per heavy atom. The Morgan fingerprint density at radius 1 is 0.708 bits per heavy atom. The van der Waals surface area contributed by atoms with E-state index in [1.165, 1.54) is 122 Å². The molecule has 48 heavy (non-hydrogen) atoms. The topological polar surface area (TPSA) is 151 Å². The van der Waals surface area contributed by atoms with Gasteiger partial charge in [-0.2, -0.15) is 0 Å². The Morgan fingerprint density at radius 3 is 1.60 bits per heavy atom. The Hall–Kier alpha value is -0.800. The molecule has 0 aliphatic carbocycles. The van der Waals surface area contributed by atoms with E-state index < -0.39 is 38.6 Å². The van der Waals surface area contributed by atoms with Crippen molar-refractivity contribution >= 4 is 13.7 Å².